The summed E-state index contributed by atoms with van der Waals surface area (Å²) in [6.45, 7) is 6.05. The zero-order chi connectivity index (χ0) is 24.5. The minimum atomic E-state index is -0.378. The SMILES string of the molecule is CCOc1cc(NC(=O)c2ccccc2)c(OCC)cc1NC(=O)COc1ccc(Cl)c(C)c1. The third-order valence-electron chi connectivity index (χ3n) is 4.74. The van der Waals surface area contributed by atoms with E-state index in [1.807, 2.05) is 26.8 Å². The molecule has 0 heterocycles. The van der Waals surface area contributed by atoms with E-state index in [4.69, 9.17) is 25.8 Å². The molecule has 0 bridgehead atoms. The third kappa shape index (κ3) is 6.65. The molecule has 7 nitrogen and oxygen atoms in total. The topological polar surface area (TPSA) is 85.9 Å². The van der Waals surface area contributed by atoms with Gasteiger partial charge in [0.1, 0.15) is 17.2 Å². The molecule has 0 aliphatic carbocycles. The van der Waals surface area contributed by atoms with Gasteiger partial charge >= 0.3 is 0 Å². The van der Waals surface area contributed by atoms with E-state index in [2.05, 4.69) is 10.6 Å². The normalized spacial score (nSPS) is 10.4. The molecule has 0 saturated carbocycles. The van der Waals surface area contributed by atoms with Crippen LogP contribution < -0.4 is 24.8 Å². The number of anilines is 2. The summed E-state index contributed by atoms with van der Waals surface area (Å²) in [5.41, 5.74) is 2.21. The summed E-state index contributed by atoms with van der Waals surface area (Å²) in [7, 11) is 0. The molecule has 0 atom stereocenters. The van der Waals surface area contributed by atoms with Gasteiger partial charge in [-0.15, -0.1) is 0 Å². The molecule has 0 saturated heterocycles. The Bertz CT molecular complexity index is 1150. The van der Waals surface area contributed by atoms with Crippen LogP contribution in [0, 0.1) is 6.92 Å². The molecule has 3 rings (SSSR count). The maximum Gasteiger partial charge on any atom is 0.262 e. The highest BCUT2D eigenvalue weighted by Crippen LogP contribution is 2.37. The van der Waals surface area contributed by atoms with Gasteiger partial charge in [-0.3, -0.25) is 9.59 Å². The molecule has 0 fully saturated rings. The monoisotopic (exact) mass is 482 g/mol. The molecule has 0 radical (unpaired) electrons. The molecule has 0 unspecified atom stereocenters. The first-order valence-corrected chi connectivity index (χ1v) is 11.3. The fourth-order valence-corrected chi connectivity index (χ4v) is 3.25. The Morgan fingerprint density at radius 3 is 2.03 bits per heavy atom. The minimum absolute atomic E-state index is 0.205. The summed E-state index contributed by atoms with van der Waals surface area (Å²) in [5.74, 6) is 0.672. The number of amides is 2. The van der Waals surface area contributed by atoms with Crippen LogP contribution in [0.15, 0.2) is 60.7 Å². The van der Waals surface area contributed by atoms with Gasteiger partial charge in [-0.05, 0) is 56.7 Å². The van der Waals surface area contributed by atoms with Crippen LogP contribution in [-0.2, 0) is 4.79 Å². The van der Waals surface area contributed by atoms with Gasteiger partial charge in [0.25, 0.3) is 11.8 Å². The maximum absolute atomic E-state index is 12.7. The largest absolute Gasteiger partial charge is 0.492 e. The minimum Gasteiger partial charge on any atom is -0.492 e. The van der Waals surface area contributed by atoms with E-state index in [9.17, 15) is 9.59 Å². The van der Waals surface area contributed by atoms with Crippen molar-refractivity contribution in [3.8, 4) is 17.2 Å². The highest BCUT2D eigenvalue weighted by Gasteiger charge is 2.17. The van der Waals surface area contributed by atoms with Crippen molar-refractivity contribution in [3.63, 3.8) is 0 Å². The Morgan fingerprint density at radius 2 is 1.44 bits per heavy atom. The number of carbonyl (C=O) groups excluding carboxylic acids is 2. The number of halogens is 1. The van der Waals surface area contributed by atoms with Crippen LogP contribution in [0.4, 0.5) is 11.4 Å². The van der Waals surface area contributed by atoms with Crippen molar-refractivity contribution < 1.29 is 23.8 Å². The molecule has 34 heavy (non-hydrogen) atoms. The Hall–Kier alpha value is -3.71. The summed E-state index contributed by atoms with van der Waals surface area (Å²) in [4.78, 5) is 25.2. The van der Waals surface area contributed by atoms with Crippen molar-refractivity contribution in [1.29, 1.82) is 0 Å². The predicted molar refractivity (Wildman–Crippen MR) is 133 cm³/mol. The van der Waals surface area contributed by atoms with Crippen LogP contribution in [0.5, 0.6) is 17.2 Å². The van der Waals surface area contributed by atoms with Gasteiger partial charge in [0, 0.05) is 22.7 Å². The predicted octanol–water partition coefficient (Wildman–Crippen LogP) is 5.72. The summed E-state index contributed by atoms with van der Waals surface area (Å²) in [6, 6.07) is 17.3. The fraction of sp³-hybridized carbons (Fsp3) is 0.231. The van der Waals surface area contributed by atoms with Gasteiger partial charge in [-0.2, -0.15) is 0 Å². The number of aryl methyl sites for hydroxylation is 1. The lowest BCUT2D eigenvalue weighted by molar-refractivity contribution is -0.118. The number of nitrogens with one attached hydrogen (secondary N) is 2. The van der Waals surface area contributed by atoms with Crippen LogP contribution in [0.3, 0.4) is 0 Å². The molecule has 2 amide bonds. The van der Waals surface area contributed by atoms with E-state index in [0.717, 1.165) is 5.56 Å². The van der Waals surface area contributed by atoms with Crippen LogP contribution >= 0.6 is 11.6 Å². The number of carbonyl (C=O) groups is 2. The number of ether oxygens (including phenoxy) is 3. The molecular formula is C26H27ClN2O5. The second-order valence-electron chi connectivity index (χ2n) is 7.28. The Labute approximate surface area is 204 Å². The Kier molecular flexibility index (Phi) is 8.76. The summed E-state index contributed by atoms with van der Waals surface area (Å²) >= 11 is 6.03. The summed E-state index contributed by atoms with van der Waals surface area (Å²) < 4.78 is 17.0. The van der Waals surface area contributed by atoms with Crippen LogP contribution in [0.1, 0.15) is 29.8 Å². The second kappa shape index (κ2) is 12.0. The van der Waals surface area contributed by atoms with Crippen molar-refractivity contribution in [2.24, 2.45) is 0 Å². The van der Waals surface area contributed by atoms with Crippen LogP contribution in [0.25, 0.3) is 0 Å². The van der Waals surface area contributed by atoms with Crippen molar-refractivity contribution in [2.45, 2.75) is 20.8 Å². The van der Waals surface area contributed by atoms with E-state index in [1.54, 1.807) is 54.6 Å². The molecule has 8 heteroatoms. The summed E-state index contributed by atoms with van der Waals surface area (Å²) in [6.07, 6.45) is 0. The van der Waals surface area contributed by atoms with Gasteiger partial charge in [-0.25, -0.2) is 0 Å². The standard InChI is InChI=1S/C26H27ClN2O5/c1-4-32-23-15-22(29-26(31)18-9-7-6-8-10-18)24(33-5-2)14-21(23)28-25(30)16-34-19-11-12-20(27)17(3)13-19/h6-15H,4-5,16H2,1-3H3,(H,28,30)(H,29,31). The Morgan fingerprint density at radius 1 is 0.824 bits per heavy atom. The molecule has 2 N–H and O–H groups in total. The van der Waals surface area contributed by atoms with Crippen molar-refractivity contribution in [1.82, 2.24) is 0 Å². The molecule has 0 aromatic heterocycles. The maximum atomic E-state index is 12.7. The van der Waals surface area contributed by atoms with E-state index in [0.29, 0.717) is 52.4 Å². The third-order valence-corrected chi connectivity index (χ3v) is 5.16. The fourth-order valence-electron chi connectivity index (χ4n) is 3.13. The molecule has 0 spiro atoms. The first-order valence-electron chi connectivity index (χ1n) is 10.9. The van der Waals surface area contributed by atoms with Crippen LogP contribution in [0.2, 0.25) is 5.02 Å². The first-order chi connectivity index (χ1) is 16.4. The van der Waals surface area contributed by atoms with E-state index >= 15 is 0 Å². The quantitative estimate of drug-likeness (QED) is 0.386. The lowest BCUT2D eigenvalue weighted by Crippen LogP contribution is -2.21. The zero-order valence-corrected chi connectivity index (χ0v) is 20.1. The lowest BCUT2D eigenvalue weighted by Gasteiger charge is -2.18. The van der Waals surface area contributed by atoms with Gasteiger partial charge in [0.2, 0.25) is 0 Å². The molecule has 3 aromatic carbocycles. The van der Waals surface area contributed by atoms with E-state index in [-0.39, 0.29) is 18.4 Å². The smallest absolute Gasteiger partial charge is 0.262 e. The molecular weight excluding hydrogens is 456 g/mol. The van der Waals surface area contributed by atoms with Crippen molar-refractivity contribution in [3.05, 3.63) is 76.8 Å². The van der Waals surface area contributed by atoms with Gasteiger partial charge < -0.3 is 24.8 Å². The first kappa shape index (κ1) is 24.9. The van der Waals surface area contributed by atoms with Crippen LogP contribution in [-0.4, -0.2) is 31.6 Å². The second-order valence-corrected chi connectivity index (χ2v) is 7.69. The number of benzene rings is 3. The number of rotatable bonds is 10. The van der Waals surface area contributed by atoms with Crippen molar-refractivity contribution in [2.75, 3.05) is 30.5 Å². The number of hydrogen-bond donors (Lipinski definition) is 2. The summed E-state index contributed by atoms with van der Waals surface area (Å²) in [5, 5.41) is 6.28. The molecule has 0 aliphatic heterocycles. The average molecular weight is 483 g/mol. The Balaban J connectivity index is 1.78. The number of hydrogen-bond acceptors (Lipinski definition) is 5. The van der Waals surface area contributed by atoms with Crippen molar-refractivity contribution >= 4 is 34.8 Å². The molecule has 0 aliphatic rings. The van der Waals surface area contributed by atoms with Gasteiger partial charge in [0.15, 0.2) is 6.61 Å². The highest BCUT2D eigenvalue weighted by atomic mass is 35.5. The molecule has 178 valence electrons. The van der Waals surface area contributed by atoms with E-state index < -0.39 is 0 Å². The highest BCUT2D eigenvalue weighted by molar-refractivity contribution is 6.31. The van der Waals surface area contributed by atoms with Gasteiger partial charge in [0.05, 0.1) is 24.6 Å². The molecule has 3 aromatic rings. The average Bonchev–Trinajstić information content (AvgIpc) is 2.83. The van der Waals surface area contributed by atoms with Gasteiger partial charge in [-0.1, -0.05) is 29.8 Å². The zero-order valence-electron chi connectivity index (χ0n) is 19.3. The lowest BCUT2D eigenvalue weighted by atomic mass is 10.2. The van der Waals surface area contributed by atoms with E-state index in [1.165, 1.54) is 0 Å².